The summed E-state index contributed by atoms with van der Waals surface area (Å²) in [6.45, 7) is 3.78. The smallest absolute Gasteiger partial charge is 0.220 e. The largest absolute Gasteiger partial charge is 0.368 e. The van der Waals surface area contributed by atoms with Crippen LogP contribution >= 0.6 is 0 Å². The van der Waals surface area contributed by atoms with Gasteiger partial charge in [0.2, 0.25) is 11.9 Å². The van der Waals surface area contributed by atoms with Gasteiger partial charge in [0.25, 0.3) is 0 Å². The zero-order valence-corrected chi connectivity index (χ0v) is 11.7. The Kier molecular flexibility index (Phi) is 3.13. The fraction of sp³-hybridized carbons (Fsp3) is 0.133. The highest BCUT2D eigenvalue weighted by Crippen LogP contribution is 2.25. The average molecular weight is 283 g/mol. The number of allylic oxidation sites excluding steroid dienone is 1. The van der Waals surface area contributed by atoms with E-state index in [0.29, 0.717) is 5.65 Å². The lowest BCUT2D eigenvalue weighted by molar-refractivity contribution is 0.573. The van der Waals surface area contributed by atoms with Gasteiger partial charge in [0, 0.05) is 18.0 Å². The number of aromatic nitrogens is 4. The second-order valence-electron chi connectivity index (χ2n) is 4.66. The van der Waals surface area contributed by atoms with E-state index in [2.05, 4.69) is 15.0 Å². The quantitative estimate of drug-likeness (QED) is 0.785. The number of rotatable bonds is 2. The molecule has 0 atom stereocenters. The molecule has 0 radical (unpaired) electrons. The van der Waals surface area contributed by atoms with E-state index in [1.165, 1.54) is 10.6 Å². The third-order valence-electron chi connectivity index (χ3n) is 3.35. The van der Waals surface area contributed by atoms with Crippen LogP contribution in [0.3, 0.4) is 0 Å². The maximum absolute atomic E-state index is 13.7. The Bertz CT molecular complexity index is 850. The van der Waals surface area contributed by atoms with Gasteiger partial charge in [-0.2, -0.15) is 4.39 Å². The van der Waals surface area contributed by atoms with Crippen molar-refractivity contribution >= 4 is 17.2 Å². The van der Waals surface area contributed by atoms with Crippen molar-refractivity contribution in [1.29, 1.82) is 0 Å². The van der Waals surface area contributed by atoms with Crippen LogP contribution in [0, 0.1) is 12.9 Å². The Balaban J connectivity index is 2.16. The van der Waals surface area contributed by atoms with E-state index in [1.807, 2.05) is 26.0 Å². The van der Waals surface area contributed by atoms with Crippen LogP contribution in [0.25, 0.3) is 11.2 Å². The van der Waals surface area contributed by atoms with Gasteiger partial charge in [0.1, 0.15) is 5.65 Å². The van der Waals surface area contributed by atoms with E-state index in [-0.39, 0.29) is 5.95 Å². The number of pyridine rings is 1. The minimum Gasteiger partial charge on any atom is -0.368 e. The Hall–Kier alpha value is -2.76. The number of hydrogen-bond donors (Lipinski definition) is 1. The highest BCUT2D eigenvalue weighted by atomic mass is 19.1. The normalized spacial score (nSPS) is 12.0. The van der Waals surface area contributed by atoms with Crippen molar-refractivity contribution in [3.8, 4) is 0 Å². The number of hydrogen-bond acceptors (Lipinski definition) is 4. The van der Waals surface area contributed by atoms with Gasteiger partial charge in [0.05, 0.1) is 11.9 Å². The Morgan fingerprint density at radius 1 is 1.29 bits per heavy atom. The predicted octanol–water partition coefficient (Wildman–Crippen LogP) is 2.61. The molecule has 3 aromatic rings. The van der Waals surface area contributed by atoms with E-state index in [9.17, 15) is 4.39 Å². The molecule has 3 heterocycles. The number of nitrogens with two attached hydrogens (primary N) is 1. The molecule has 0 aliphatic rings. The molecule has 0 aliphatic carbocycles. The summed E-state index contributed by atoms with van der Waals surface area (Å²) in [5, 5.41) is 0. The van der Waals surface area contributed by atoms with Crippen LogP contribution in [0.2, 0.25) is 0 Å². The minimum atomic E-state index is -0.396. The molecule has 0 aliphatic heterocycles. The van der Waals surface area contributed by atoms with Gasteiger partial charge in [-0.15, -0.1) is 0 Å². The first-order valence-electron chi connectivity index (χ1n) is 6.49. The van der Waals surface area contributed by atoms with E-state index in [0.717, 1.165) is 22.4 Å². The molecule has 6 heteroatoms. The Labute approximate surface area is 121 Å². The highest BCUT2D eigenvalue weighted by Gasteiger charge is 2.11. The topological polar surface area (TPSA) is 69.1 Å². The first-order chi connectivity index (χ1) is 10.1. The molecule has 0 bridgehead atoms. The van der Waals surface area contributed by atoms with Crippen LogP contribution in [0.4, 0.5) is 10.3 Å². The van der Waals surface area contributed by atoms with Crippen LogP contribution in [0.15, 0.2) is 36.8 Å². The third-order valence-corrected chi connectivity index (χ3v) is 3.35. The van der Waals surface area contributed by atoms with Gasteiger partial charge < -0.3 is 5.73 Å². The average Bonchev–Trinajstić information content (AvgIpc) is 2.83. The van der Waals surface area contributed by atoms with Crippen molar-refractivity contribution < 1.29 is 4.39 Å². The van der Waals surface area contributed by atoms with Crippen LogP contribution in [-0.2, 0) is 0 Å². The van der Waals surface area contributed by atoms with Crippen LogP contribution in [-0.4, -0.2) is 19.4 Å². The molecule has 0 saturated carbocycles. The zero-order chi connectivity index (χ0) is 15.0. The molecule has 0 amide bonds. The van der Waals surface area contributed by atoms with Crippen molar-refractivity contribution in [3.63, 3.8) is 0 Å². The van der Waals surface area contributed by atoms with E-state index in [4.69, 9.17) is 5.73 Å². The summed E-state index contributed by atoms with van der Waals surface area (Å²) in [4.78, 5) is 12.2. The lowest BCUT2D eigenvalue weighted by Gasteiger charge is -2.11. The monoisotopic (exact) mass is 283 g/mol. The Morgan fingerprint density at radius 2 is 2.10 bits per heavy atom. The van der Waals surface area contributed by atoms with Gasteiger partial charge in [-0.25, -0.2) is 15.0 Å². The zero-order valence-electron chi connectivity index (χ0n) is 11.7. The second-order valence-corrected chi connectivity index (χ2v) is 4.66. The number of imidazole rings is 1. The van der Waals surface area contributed by atoms with Gasteiger partial charge in [-0.3, -0.25) is 4.40 Å². The fourth-order valence-electron chi connectivity index (χ4n) is 2.34. The van der Waals surface area contributed by atoms with Crippen LogP contribution < -0.4 is 5.73 Å². The molecule has 0 fully saturated rings. The first-order valence-corrected chi connectivity index (χ1v) is 6.49. The van der Waals surface area contributed by atoms with Gasteiger partial charge >= 0.3 is 0 Å². The number of halogens is 1. The molecule has 3 rings (SSSR count). The molecule has 5 nitrogen and oxygen atoms in total. The molecule has 0 saturated heterocycles. The molecular weight excluding hydrogens is 269 g/mol. The van der Waals surface area contributed by atoms with Crippen molar-refractivity contribution in [2.45, 2.75) is 13.8 Å². The van der Waals surface area contributed by atoms with E-state index in [1.54, 1.807) is 18.5 Å². The predicted molar refractivity (Wildman–Crippen MR) is 79.1 cm³/mol. The summed E-state index contributed by atoms with van der Waals surface area (Å²) >= 11 is 0. The van der Waals surface area contributed by atoms with Crippen LogP contribution in [0.5, 0.6) is 0 Å². The van der Waals surface area contributed by atoms with Crippen molar-refractivity contribution in [1.82, 2.24) is 19.4 Å². The minimum absolute atomic E-state index is 0.239. The standard InChI is InChI=1S/C15H14FN5/c1-3-11(12-6-19-15(17)20-9(12)2)10-4-5-14-18-7-13(16)21(14)8-10/h3-8H,1-2H3,(H2,17,19,20)/b11-3-. The summed E-state index contributed by atoms with van der Waals surface area (Å²) in [6.07, 6.45) is 6.54. The molecule has 0 aromatic carbocycles. The number of aryl methyl sites for hydroxylation is 1. The third kappa shape index (κ3) is 2.24. The van der Waals surface area contributed by atoms with E-state index >= 15 is 0 Å². The van der Waals surface area contributed by atoms with Gasteiger partial charge in [0.15, 0.2) is 0 Å². The maximum atomic E-state index is 13.7. The SMILES string of the molecule is C/C=C(/c1ccc2ncc(F)n2c1)c1cnc(N)nc1C. The Morgan fingerprint density at radius 3 is 2.81 bits per heavy atom. The summed E-state index contributed by atoms with van der Waals surface area (Å²) < 4.78 is 15.1. The molecule has 0 spiro atoms. The highest BCUT2D eigenvalue weighted by molar-refractivity contribution is 5.80. The van der Waals surface area contributed by atoms with Crippen molar-refractivity contribution in [2.75, 3.05) is 5.73 Å². The summed E-state index contributed by atoms with van der Waals surface area (Å²) in [7, 11) is 0. The molecule has 2 N–H and O–H groups in total. The van der Waals surface area contributed by atoms with Gasteiger partial charge in [-0.1, -0.05) is 6.08 Å². The molecule has 3 aromatic heterocycles. The van der Waals surface area contributed by atoms with Crippen molar-refractivity contribution in [3.05, 3.63) is 59.6 Å². The molecule has 0 unspecified atom stereocenters. The number of fused-ring (bicyclic) bond motifs is 1. The van der Waals surface area contributed by atoms with Crippen molar-refractivity contribution in [2.24, 2.45) is 0 Å². The number of nitrogens with zero attached hydrogens (tertiary/aromatic N) is 4. The maximum Gasteiger partial charge on any atom is 0.220 e. The van der Waals surface area contributed by atoms with E-state index < -0.39 is 5.95 Å². The molecular formula is C15H14FN5. The summed E-state index contributed by atoms with van der Waals surface area (Å²) in [5.41, 5.74) is 9.58. The van der Waals surface area contributed by atoms with Crippen LogP contribution in [0.1, 0.15) is 23.7 Å². The lowest BCUT2D eigenvalue weighted by Crippen LogP contribution is -2.01. The van der Waals surface area contributed by atoms with Gasteiger partial charge in [-0.05, 0) is 37.1 Å². The molecule has 106 valence electrons. The number of anilines is 1. The molecule has 21 heavy (non-hydrogen) atoms. The first kappa shape index (κ1) is 13.2. The fourth-order valence-corrected chi connectivity index (χ4v) is 2.34. The number of nitrogen functional groups attached to an aromatic ring is 1. The summed E-state index contributed by atoms with van der Waals surface area (Å²) in [5.74, 6) is -0.157. The lowest BCUT2D eigenvalue weighted by atomic mass is 9.99. The summed E-state index contributed by atoms with van der Waals surface area (Å²) in [6, 6.07) is 3.67. The second kappa shape index (κ2) is 4.97.